The summed E-state index contributed by atoms with van der Waals surface area (Å²) in [6, 6.07) is 68.1. The van der Waals surface area contributed by atoms with Gasteiger partial charge in [0.15, 0.2) is 0 Å². The van der Waals surface area contributed by atoms with Crippen LogP contribution < -0.4 is 0 Å². The number of hydrogen-bond acceptors (Lipinski definition) is 0. The minimum absolute atomic E-state index is 0. The minimum Gasteiger partial charge on any atom is -0.184 e. The van der Waals surface area contributed by atoms with Crippen molar-refractivity contribution < 1.29 is 19.2 Å². The van der Waals surface area contributed by atoms with Gasteiger partial charge in [-0.15, -0.1) is 103 Å². The van der Waals surface area contributed by atoms with Gasteiger partial charge in [-0.3, -0.25) is 0 Å². The monoisotopic (exact) mass is 800 g/mol. The summed E-state index contributed by atoms with van der Waals surface area (Å²) < 4.78 is 0. The molecule has 0 fully saturated rings. The zero-order chi connectivity index (χ0) is 32.4. The SMILES string of the molecule is Br.Br.Cc1cc2c(-c3ccccc3)cccc2[cH-]1.Cc1cc2c(-c3ccccc3)cccc2[cH-]1.[Si]=[Ti].[c-]1ccccc1.[c-]1ccccc1. The molecule has 240 valence electrons. The molecule has 0 atom stereocenters. The predicted octanol–water partition coefficient (Wildman–Crippen LogP) is 12.8. The maximum Gasteiger partial charge on any atom is -0.171 e. The summed E-state index contributed by atoms with van der Waals surface area (Å²) in [6.45, 7) is 4.30. The summed E-state index contributed by atoms with van der Waals surface area (Å²) in [5, 5.41) is 5.37. The molecule has 0 aliphatic heterocycles. The second-order valence-corrected chi connectivity index (χ2v) is 10.6. The Kier molecular flexibility index (Phi) is 19.4. The first-order valence-corrected chi connectivity index (χ1v) is 18.0. The second-order valence-electron chi connectivity index (χ2n) is 10.6. The van der Waals surface area contributed by atoms with Gasteiger partial charge in [0.05, 0.1) is 0 Å². The molecule has 0 saturated carbocycles. The van der Waals surface area contributed by atoms with E-state index in [0.29, 0.717) is 0 Å². The predicted molar refractivity (Wildman–Crippen MR) is 216 cm³/mol. The third-order valence-electron chi connectivity index (χ3n) is 7.17. The molecule has 0 unspecified atom stereocenters. The number of fused-ring (bicyclic) bond motifs is 2. The quantitative estimate of drug-likeness (QED) is 0.121. The van der Waals surface area contributed by atoms with E-state index in [1.54, 1.807) is 19.2 Å². The molecular formula is C44H38Br2SiTi-4. The van der Waals surface area contributed by atoms with E-state index in [2.05, 4.69) is 155 Å². The zero-order valence-electron chi connectivity index (χ0n) is 27.1. The normalized spacial score (nSPS) is 9.27. The Balaban J connectivity index is 0.000000234. The van der Waals surface area contributed by atoms with Crippen molar-refractivity contribution >= 4 is 63.1 Å². The Labute approximate surface area is 321 Å². The summed E-state index contributed by atoms with van der Waals surface area (Å²) in [6.07, 6.45) is 0. The first kappa shape index (κ1) is 40.6. The minimum atomic E-state index is 0. The van der Waals surface area contributed by atoms with Crippen molar-refractivity contribution in [1.82, 2.24) is 0 Å². The molecule has 0 amide bonds. The fourth-order valence-electron chi connectivity index (χ4n) is 5.19. The van der Waals surface area contributed by atoms with Crippen LogP contribution in [-0.2, 0) is 19.2 Å². The average molecular weight is 803 g/mol. The Bertz CT molecular complexity index is 1780. The maximum atomic E-state index is 2.97. The zero-order valence-corrected chi connectivity index (χ0v) is 33.1. The molecule has 0 aliphatic rings. The van der Waals surface area contributed by atoms with Crippen LogP contribution >= 0.6 is 34.0 Å². The molecule has 0 aromatic heterocycles. The summed E-state index contributed by atoms with van der Waals surface area (Å²) in [5.74, 6) is 0. The molecule has 48 heavy (non-hydrogen) atoms. The molecule has 0 heterocycles. The summed E-state index contributed by atoms with van der Waals surface area (Å²) in [5.41, 5.74) is 7.89. The van der Waals surface area contributed by atoms with Gasteiger partial charge >= 0.3 is 26.8 Å². The molecule has 0 bridgehead atoms. The van der Waals surface area contributed by atoms with Crippen LogP contribution in [0.3, 0.4) is 0 Å². The van der Waals surface area contributed by atoms with Gasteiger partial charge in [-0.2, -0.15) is 84.9 Å². The van der Waals surface area contributed by atoms with E-state index in [4.69, 9.17) is 0 Å². The van der Waals surface area contributed by atoms with Gasteiger partial charge in [0.2, 0.25) is 0 Å². The summed E-state index contributed by atoms with van der Waals surface area (Å²) in [4.78, 5) is 0. The number of hydrogen-bond donors (Lipinski definition) is 0. The fraction of sp³-hybridized carbons (Fsp3) is 0.0455. The molecule has 0 saturated heterocycles. The van der Waals surface area contributed by atoms with Crippen LogP contribution in [0.4, 0.5) is 0 Å². The number of rotatable bonds is 2. The average Bonchev–Trinajstić information content (AvgIpc) is 3.73. The van der Waals surface area contributed by atoms with Crippen LogP contribution in [-0.4, -0.2) is 7.63 Å². The smallest absolute Gasteiger partial charge is 0.171 e. The third-order valence-corrected chi connectivity index (χ3v) is 7.17. The fourth-order valence-corrected chi connectivity index (χ4v) is 5.19. The number of benzene rings is 6. The van der Waals surface area contributed by atoms with Gasteiger partial charge in [0.1, 0.15) is 0 Å². The molecule has 0 spiro atoms. The second kappa shape index (κ2) is 22.9. The van der Waals surface area contributed by atoms with E-state index < -0.39 is 0 Å². The molecule has 0 nitrogen and oxygen atoms in total. The van der Waals surface area contributed by atoms with E-state index >= 15 is 0 Å². The van der Waals surface area contributed by atoms with E-state index in [9.17, 15) is 0 Å². The van der Waals surface area contributed by atoms with Crippen LogP contribution in [0.2, 0.25) is 0 Å². The van der Waals surface area contributed by atoms with Crippen molar-refractivity contribution in [3.8, 4) is 22.3 Å². The number of aryl methyl sites for hydroxylation is 2. The van der Waals surface area contributed by atoms with Crippen LogP contribution in [0.5, 0.6) is 0 Å². The van der Waals surface area contributed by atoms with Gasteiger partial charge in [-0.1, -0.05) is 97.8 Å². The Hall–Kier alpha value is -3.57. The third kappa shape index (κ3) is 12.5. The number of halogens is 2. The maximum absolute atomic E-state index is 2.97. The van der Waals surface area contributed by atoms with Crippen LogP contribution in [0.25, 0.3) is 43.8 Å². The molecule has 8 aromatic rings. The first-order valence-electron chi connectivity index (χ1n) is 15.2. The van der Waals surface area contributed by atoms with Crippen molar-refractivity contribution in [2.75, 3.05) is 0 Å². The Morgan fingerprint density at radius 3 is 1.06 bits per heavy atom. The summed E-state index contributed by atoms with van der Waals surface area (Å²) in [7, 11) is 2.97. The molecule has 0 N–H and O–H groups in total. The molecule has 8 rings (SSSR count). The molecular weight excluding hydrogens is 764 g/mol. The van der Waals surface area contributed by atoms with E-state index in [1.165, 1.54) is 54.9 Å². The van der Waals surface area contributed by atoms with Gasteiger partial charge < -0.3 is 0 Å². The Morgan fingerprint density at radius 1 is 0.438 bits per heavy atom. The van der Waals surface area contributed by atoms with Crippen LogP contribution in [0, 0.1) is 26.0 Å². The van der Waals surface area contributed by atoms with Gasteiger partial charge in [0.25, 0.3) is 0 Å². The van der Waals surface area contributed by atoms with Crippen molar-refractivity contribution in [3.05, 3.63) is 205 Å². The molecule has 4 heteroatoms. The van der Waals surface area contributed by atoms with Crippen molar-refractivity contribution in [2.45, 2.75) is 13.8 Å². The molecule has 2 radical (unpaired) electrons. The van der Waals surface area contributed by atoms with Gasteiger partial charge in [0, 0.05) is 0 Å². The van der Waals surface area contributed by atoms with Crippen molar-refractivity contribution in [2.24, 2.45) is 0 Å². The topological polar surface area (TPSA) is 0 Å². The van der Waals surface area contributed by atoms with Crippen LogP contribution in [0.1, 0.15) is 11.1 Å². The molecule has 8 aromatic carbocycles. The first-order chi connectivity index (χ1) is 22.7. The van der Waals surface area contributed by atoms with E-state index in [-0.39, 0.29) is 34.0 Å². The van der Waals surface area contributed by atoms with Crippen molar-refractivity contribution in [1.29, 1.82) is 0 Å². The van der Waals surface area contributed by atoms with Gasteiger partial charge in [-0.25, -0.2) is 0 Å². The van der Waals surface area contributed by atoms with E-state index in [1.807, 2.05) is 60.7 Å². The van der Waals surface area contributed by atoms with Gasteiger partial charge in [-0.05, 0) is 11.1 Å². The standard InChI is InChI=1S/2C16H13.2C6H5.2BrH.Si.Ti/c2*1-12-10-14-8-5-9-15(16(14)11-12)13-6-3-2-4-7-13;2*1-2-4-6-5-3-1;;;;/h2*2-11H,1H3;2*1-5H;2*1H;;/q4*-1;;;;. The Morgan fingerprint density at radius 2 is 0.771 bits per heavy atom. The summed E-state index contributed by atoms with van der Waals surface area (Å²) >= 11 is 1.81. The van der Waals surface area contributed by atoms with E-state index in [0.717, 1.165) is 0 Å². The van der Waals surface area contributed by atoms with Crippen LogP contribution in [0.15, 0.2) is 182 Å². The molecule has 0 aliphatic carbocycles. The largest absolute Gasteiger partial charge is 0.184 e. The van der Waals surface area contributed by atoms with Crippen molar-refractivity contribution in [3.63, 3.8) is 0 Å².